The molecule has 25 heavy (non-hydrogen) atoms. The minimum atomic E-state index is -0.110. The summed E-state index contributed by atoms with van der Waals surface area (Å²) in [5.41, 5.74) is 1.90. The summed E-state index contributed by atoms with van der Waals surface area (Å²) in [6.45, 7) is 3.34. The maximum atomic E-state index is 12.6. The summed E-state index contributed by atoms with van der Waals surface area (Å²) in [7, 11) is 0. The predicted octanol–water partition coefficient (Wildman–Crippen LogP) is 1.53. The third kappa shape index (κ3) is 3.61. The third-order valence-electron chi connectivity index (χ3n) is 5.43. The Bertz CT molecular complexity index is 623. The van der Waals surface area contributed by atoms with Gasteiger partial charge in [-0.05, 0) is 30.5 Å². The zero-order chi connectivity index (χ0) is 17.2. The van der Waals surface area contributed by atoms with Crippen LogP contribution in [0.2, 0.25) is 0 Å². The summed E-state index contributed by atoms with van der Waals surface area (Å²) >= 11 is 0. The van der Waals surface area contributed by atoms with Crippen LogP contribution in [0.15, 0.2) is 24.3 Å². The molecule has 3 aliphatic rings. The summed E-state index contributed by atoms with van der Waals surface area (Å²) < 4.78 is 11.2. The molecule has 4 rings (SSSR count). The summed E-state index contributed by atoms with van der Waals surface area (Å²) in [4.78, 5) is 24.7. The second-order valence-electron chi connectivity index (χ2n) is 7.18. The molecule has 3 unspecified atom stereocenters. The van der Waals surface area contributed by atoms with E-state index < -0.39 is 0 Å². The number of rotatable bonds is 3. The van der Waals surface area contributed by atoms with Gasteiger partial charge in [-0.15, -0.1) is 0 Å². The second kappa shape index (κ2) is 7.23. The smallest absolute Gasteiger partial charge is 0.227 e. The quantitative estimate of drug-likeness (QED) is 0.870. The van der Waals surface area contributed by atoms with Crippen molar-refractivity contribution in [3.05, 3.63) is 29.8 Å². The van der Waals surface area contributed by atoms with Gasteiger partial charge >= 0.3 is 0 Å². The number of anilines is 1. The molecule has 1 saturated carbocycles. The Morgan fingerprint density at radius 1 is 1.12 bits per heavy atom. The number of benzene rings is 1. The van der Waals surface area contributed by atoms with Crippen LogP contribution in [0, 0.1) is 17.8 Å². The Kier molecular flexibility index (Phi) is 4.83. The van der Waals surface area contributed by atoms with Gasteiger partial charge in [0, 0.05) is 36.5 Å². The van der Waals surface area contributed by atoms with E-state index >= 15 is 0 Å². The lowest BCUT2D eigenvalue weighted by molar-refractivity contribution is -0.145. The minimum absolute atomic E-state index is 0.00716. The molecule has 134 valence electrons. The van der Waals surface area contributed by atoms with Crippen molar-refractivity contribution in [2.75, 3.05) is 38.2 Å². The molecule has 3 atom stereocenters. The van der Waals surface area contributed by atoms with Crippen molar-refractivity contribution in [2.24, 2.45) is 17.8 Å². The van der Waals surface area contributed by atoms with Crippen LogP contribution >= 0.6 is 0 Å². The summed E-state index contributed by atoms with van der Waals surface area (Å²) in [6.07, 6.45) is 1.27. The van der Waals surface area contributed by atoms with Crippen LogP contribution in [0.5, 0.6) is 0 Å². The van der Waals surface area contributed by atoms with Gasteiger partial charge in [0.05, 0.1) is 25.9 Å². The number of Topliss-reactive ketones (excluding diaryl/α,β-unsaturated/α-hetero) is 1. The van der Waals surface area contributed by atoms with E-state index in [1.165, 1.54) is 0 Å². The molecule has 6 nitrogen and oxygen atoms in total. The number of morpholine rings is 1. The van der Waals surface area contributed by atoms with E-state index in [1.54, 1.807) is 0 Å². The predicted molar refractivity (Wildman–Crippen MR) is 92.2 cm³/mol. The molecule has 2 N–H and O–H groups in total. The molecular weight excluding hydrogens is 320 g/mol. The van der Waals surface area contributed by atoms with Gasteiger partial charge in [0.1, 0.15) is 5.78 Å². The molecule has 1 amide bonds. The maximum Gasteiger partial charge on any atom is 0.227 e. The standard InChI is InChI=1S/C19H24N2O4/c22-18-14-7-13(8-15(18)11-24-10-14)19(23)21-16-3-1-12(2-4-16)17-9-20-5-6-25-17/h1-4,13-15,17,20H,5-11H2,(H,21,23). The van der Waals surface area contributed by atoms with E-state index in [1.807, 2.05) is 24.3 Å². The molecule has 2 aliphatic heterocycles. The number of carbonyl (C=O) groups excluding carboxylic acids is 2. The SMILES string of the molecule is O=C(Nc1ccc(C2CNCCO2)cc1)C1CC2COCC(C1)C2=O. The van der Waals surface area contributed by atoms with Crippen molar-refractivity contribution in [1.82, 2.24) is 5.32 Å². The molecule has 1 aromatic rings. The zero-order valence-electron chi connectivity index (χ0n) is 14.2. The molecule has 1 aliphatic carbocycles. The summed E-state index contributed by atoms with van der Waals surface area (Å²) in [5, 5.41) is 6.31. The molecular formula is C19H24N2O4. The Hall–Kier alpha value is -1.76. The van der Waals surface area contributed by atoms with E-state index in [-0.39, 0.29) is 35.5 Å². The molecule has 3 fully saturated rings. The van der Waals surface area contributed by atoms with Crippen molar-refractivity contribution in [3.8, 4) is 0 Å². The van der Waals surface area contributed by atoms with Crippen LogP contribution < -0.4 is 10.6 Å². The maximum absolute atomic E-state index is 12.6. The van der Waals surface area contributed by atoms with Crippen LogP contribution in [0.3, 0.4) is 0 Å². The number of ketones is 1. The highest BCUT2D eigenvalue weighted by molar-refractivity contribution is 5.95. The Balaban J connectivity index is 1.37. The Morgan fingerprint density at radius 3 is 2.48 bits per heavy atom. The van der Waals surface area contributed by atoms with Gasteiger partial charge in [0.2, 0.25) is 5.91 Å². The van der Waals surface area contributed by atoms with Gasteiger partial charge in [0.25, 0.3) is 0 Å². The van der Waals surface area contributed by atoms with Gasteiger partial charge < -0.3 is 20.1 Å². The van der Waals surface area contributed by atoms with Gasteiger partial charge in [0.15, 0.2) is 0 Å². The molecule has 2 saturated heterocycles. The first-order valence-electron chi connectivity index (χ1n) is 9.05. The third-order valence-corrected chi connectivity index (χ3v) is 5.43. The fraction of sp³-hybridized carbons (Fsp3) is 0.579. The number of carbonyl (C=O) groups is 2. The molecule has 2 heterocycles. The lowest BCUT2D eigenvalue weighted by atomic mass is 9.73. The molecule has 6 heteroatoms. The van der Waals surface area contributed by atoms with Crippen molar-refractivity contribution >= 4 is 17.4 Å². The molecule has 1 aromatic carbocycles. The number of nitrogens with one attached hydrogen (secondary N) is 2. The fourth-order valence-corrected chi connectivity index (χ4v) is 4.02. The number of amides is 1. The van der Waals surface area contributed by atoms with Gasteiger partial charge in [-0.2, -0.15) is 0 Å². The van der Waals surface area contributed by atoms with Crippen LogP contribution in [-0.2, 0) is 19.1 Å². The number of ether oxygens (including phenoxy) is 2. The Morgan fingerprint density at radius 2 is 1.84 bits per heavy atom. The zero-order valence-corrected chi connectivity index (χ0v) is 14.2. The van der Waals surface area contributed by atoms with Crippen LogP contribution in [0.1, 0.15) is 24.5 Å². The topological polar surface area (TPSA) is 76.7 Å². The number of fused-ring (bicyclic) bond motifs is 2. The van der Waals surface area contributed by atoms with Gasteiger partial charge in [-0.1, -0.05) is 12.1 Å². The first-order valence-corrected chi connectivity index (χ1v) is 9.05. The lowest BCUT2D eigenvalue weighted by Gasteiger charge is -2.36. The lowest BCUT2D eigenvalue weighted by Crippen LogP contribution is -2.45. The normalized spacial score (nSPS) is 32.2. The first kappa shape index (κ1) is 16.7. The Labute approximate surface area is 147 Å². The highest BCUT2D eigenvalue weighted by atomic mass is 16.5. The molecule has 0 spiro atoms. The second-order valence-corrected chi connectivity index (χ2v) is 7.18. The van der Waals surface area contributed by atoms with Crippen molar-refractivity contribution in [1.29, 1.82) is 0 Å². The largest absolute Gasteiger partial charge is 0.380 e. The summed E-state index contributed by atoms with van der Waals surface area (Å²) in [5.74, 6) is -0.0428. The average Bonchev–Trinajstić information content (AvgIpc) is 2.63. The van der Waals surface area contributed by atoms with Crippen LogP contribution in [0.4, 0.5) is 5.69 Å². The number of hydrogen-bond donors (Lipinski definition) is 2. The van der Waals surface area contributed by atoms with Crippen molar-refractivity contribution in [3.63, 3.8) is 0 Å². The van der Waals surface area contributed by atoms with Crippen molar-refractivity contribution in [2.45, 2.75) is 18.9 Å². The highest BCUT2D eigenvalue weighted by Gasteiger charge is 2.42. The minimum Gasteiger partial charge on any atom is -0.380 e. The van der Waals surface area contributed by atoms with Gasteiger partial charge in [-0.25, -0.2) is 0 Å². The van der Waals surface area contributed by atoms with E-state index in [2.05, 4.69) is 10.6 Å². The highest BCUT2D eigenvalue weighted by Crippen LogP contribution is 2.35. The van der Waals surface area contributed by atoms with Crippen LogP contribution in [0.25, 0.3) is 0 Å². The average molecular weight is 344 g/mol. The van der Waals surface area contributed by atoms with Crippen molar-refractivity contribution < 1.29 is 19.1 Å². The van der Waals surface area contributed by atoms with Gasteiger partial charge in [-0.3, -0.25) is 9.59 Å². The molecule has 0 aromatic heterocycles. The monoisotopic (exact) mass is 344 g/mol. The van der Waals surface area contributed by atoms with E-state index in [9.17, 15) is 9.59 Å². The molecule has 2 bridgehead atoms. The first-order chi connectivity index (χ1) is 12.2. The van der Waals surface area contributed by atoms with Crippen LogP contribution in [-0.4, -0.2) is 44.6 Å². The van der Waals surface area contributed by atoms with E-state index in [0.717, 1.165) is 30.9 Å². The summed E-state index contributed by atoms with van der Waals surface area (Å²) in [6, 6.07) is 7.84. The van der Waals surface area contributed by atoms with E-state index in [0.29, 0.717) is 26.1 Å². The van der Waals surface area contributed by atoms with E-state index in [4.69, 9.17) is 9.47 Å². The fourth-order valence-electron chi connectivity index (χ4n) is 4.02. The molecule has 0 radical (unpaired) electrons. The number of hydrogen-bond acceptors (Lipinski definition) is 5.